The number of aromatic hydroxyl groups is 1. The topological polar surface area (TPSA) is 61.7 Å². The molecule has 0 saturated heterocycles. The van der Waals surface area contributed by atoms with Gasteiger partial charge in [-0.1, -0.05) is 22.9 Å². The van der Waals surface area contributed by atoms with Gasteiger partial charge in [0.25, 0.3) is 5.91 Å². The zero-order valence-corrected chi connectivity index (χ0v) is 13.4. The van der Waals surface area contributed by atoms with E-state index < -0.39 is 11.7 Å². The number of carbonyl (C=O) groups is 1. The number of nitrogens with one attached hydrogen (secondary N) is 1. The van der Waals surface area contributed by atoms with E-state index in [4.69, 9.17) is 0 Å². The molecule has 0 aliphatic rings. The Morgan fingerprint density at radius 2 is 1.95 bits per heavy atom. The Hall–Kier alpha value is -2.21. The lowest BCUT2D eigenvalue weighted by atomic mass is 10.1. The van der Waals surface area contributed by atoms with Gasteiger partial charge in [0.2, 0.25) is 0 Å². The summed E-state index contributed by atoms with van der Waals surface area (Å²) in [6, 6.07) is 10.2. The molecule has 4 nitrogen and oxygen atoms in total. The Kier molecular flexibility index (Phi) is 5.27. The van der Waals surface area contributed by atoms with Crippen molar-refractivity contribution in [3.8, 4) is 5.75 Å². The van der Waals surface area contributed by atoms with Crippen LogP contribution in [0.1, 0.15) is 29.3 Å². The minimum atomic E-state index is -0.444. The number of rotatable bonds is 4. The third kappa shape index (κ3) is 3.92. The molecule has 0 aliphatic heterocycles. The highest BCUT2D eigenvalue weighted by molar-refractivity contribution is 9.10. The summed E-state index contributed by atoms with van der Waals surface area (Å²) in [5.74, 6) is -0.770. The average Bonchev–Trinajstić information content (AvgIpc) is 2.51. The Labute approximate surface area is 135 Å². The van der Waals surface area contributed by atoms with Crippen molar-refractivity contribution in [1.29, 1.82) is 0 Å². The highest BCUT2D eigenvalue weighted by Gasteiger charge is 2.10. The summed E-state index contributed by atoms with van der Waals surface area (Å²) in [5, 5.41) is 13.9. The highest BCUT2D eigenvalue weighted by Crippen LogP contribution is 2.23. The van der Waals surface area contributed by atoms with Gasteiger partial charge in [-0.2, -0.15) is 5.10 Å². The van der Waals surface area contributed by atoms with Crippen LogP contribution in [0.4, 0.5) is 4.39 Å². The fraction of sp³-hybridized carbons (Fsp3) is 0.125. The number of benzene rings is 2. The molecule has 0 unspecified atom stereocenters. The molecule has 1 amide bonds. The van der Waals surface area contributed by atoms with Crippen LogP contribution in [0, 0.1) is 5.82 Å². The van der Waals surface area contributed by atoms with Crippen molar-refractivity contribution in [2.45, 2.75) is 13.3 Å². The maximum atomic E-state index is 12.8. The molecule has 2 aromatic carbocycles. The molecule has 0 radical (unpaired) electrons. The minimum absolute atomic E-state index is 0.0832. The second kappa shape index (κ2) is 7.17. The lowest BCUT2D eigenvalue weighted by Crippen LogP contribution is -2.20. The van der Waals surface area contributed by atoms with E-state index in [0.29, 0.717) is 23.3 Å². The van der Waals surface area contributed by atoms with E-state index in [-0.39, 0.29) is 5.75 Å². The van der Waals surface area contributed by atoms with Crippen LogP contribution < -0.4 is 5.43 Å². The normalized spacial score (nSPS) is 11.3. The molecule has 114 valence electrons. The molecule has 0 aromatic heterocycles. The van der Waals surface area contributed by atoms with E-state index in [9.17, 15) is 14.3 Å². The van der Waals surface area contributed by atoms with Crippen LogP contribution in [0.3, 0.4) is 0 Å². The maximum absolute atomic E-state index is 12.8. The first kappa shape index (κ1) is 16.2. The zero-order valence-electron chi connectivity index (χ0n) is 11.8. The van der Waals surface area contributed by atoms with Gasteiger partial charge in [0.1, 0.15) is 11.6 Å². The molecule has 0 spiro atoms. The third-order valence-corrected chi connectivity index (χ3v) is 3.50. The first-order chi connectivity index (χ1) is 10.5. The van der Waals surface area contributed by atoms with Gasteiger partial charge in [0.15, 0.2) is 0 Å². The largest absolute Gasteiger partial charge is 0.507 e. The molecule has 0 fully saturated rings. The molecular weight excluding hydrogens is 351 g/mol. The van der Waals surface area contributed by atoms with Gasteiger partial charge in [-0.3, -0.25) is 4.79 Å². The number of carbonyl (C=O) groups excluding carboxylic acids is 1. The average molecular weight is 365 g/mol. The van der Waals surface area contributed by atoms with Crippen LogP contribution in [0.25, 0.3) is 0 Å². The van der Waals surface area contributed by atoms with Crippen molar-refractivity contribution in [1.82, 2.24) is 5.43 Å². The van der Waals surface area contributed by atoms with E-state index in [1.54, 1.807) is 18.2 Å². The van der Waals surface area contributed by atoms with Gasteiger partial charge in [-0.25, -0.2) is 9.82 Å². The van der Waals surface area contributed by atoms with Gasteiger partial charge in [-0.15, -0.1) is 0 Å². The Morgan fingerprint density at radius 1 is 1.27 bits per heavy atom. The first-order valence-corrected chi connectivity index (χ1v) is 7.42. The second-order valence-electron chi connectivity index (χ2n) is 4.52. The molecule has 2 rings (SSSR count). The Morgan fingerprint density at radius 3 is 2.59 bits per heavy atom. The number of hydrogen-bond donors (Lipinski definition) is 2. The van der Waals surface area contributed by atoms with Gasteiger partial charge in [-0.05, 0) is 48.9 Å². The number of hydrazone groups is 1. The number of phenols is 1. The smallest absolute Gasteiger partial charge is 0.271 e. The quantitative estimate of drug-likeness (QED) is 0.639. The molecular formula is C16H14BrFN2O2. The van der Waals surface area contributed by atoms with Crippen molar-refractivity contribution in [3.63, 3.8) is 0 Å². The fourth-order valence-electron chi connectivity index (χ4n) is 1.85. The summed E-state index contributed by atoms with van der Waals surface area (Å²) >= 11 is 3.33. The summed E-state index contributed by atoms with van der Waals surface area (Å²) in [6.45, 7) is 1.86. The standard InChI is InChI=1S/C16H14BrFN2O2/c1-2-14(13-9-11(17)5-8-15(13)21)19-20-16(22)10-3-6-12(18)7-4-10/h3-9,21H,2H2,1H3,(H,20,22)/b19-14+. The monoisotopic (exact) mass is 364 g/mol. The second-order valence-corrected chi connectivity index (χ2v) is 5.44. The van der Waals surface area contributed by atoms with E-state index in [0.717, 1.165) is 4.47 Å². The first-order valence-electron chi connectivity index (χ1n) is 6.62. The Bertz CT molecular complexity index is 715. The SMILES string of the molecule is CC/C(=N\NC(=O)c1ccc(F)cc1)c1cc(Br)ccc1O. The van der Waals surface area contributed by atoms with E-state index in [2.05, 4.69) is 26.5 Å². The van der Waals surface area contributed by atoms with E-state index in [1.165, 1.54) is 24.3 Å². The van der Waals surface area contributed by atoms with E-state index >= 15 is 0 Å². The molecule has 0 heterocycles. The van der Waals surface area contributed by atoms with Gasteiger partial charge in [0.05, 0.1) is 5.71 Å². The van der Waals surface area contributed by atoms with Crippen LogP contribution in [0.2, 0.25) is 0 Å². The molecule has 22 heavy (non-hydrogen) atoms. The summed E-state index contributed by atoms with van der Waals surface area (Å²) in [4.78, 5) is 11.9. The van der Waals surface area contributed by atoms with Crippen LogP contribution in [0.15, 0.2) is 52.0 Å². The number of phenolic OH excluding ortho intramolecular Hbond substituents is 1. The number of hydrogen-bond acceptors (Lipinski definition) is 3. The summed E-state index contributed by atoms with van der Waals surface area (Å²) in [5.41, 5.74) is 3.79. The number of halogens is 2. The number of amides is 1. The predicted octanol–water partition coefficient (Wildman–Crippen LogP) is 3.84. The van der Waals surface area contributed by atoms with Crippen molar-refractivity contribution in [3.05, 3.63) is 63.9 Å². The molecule has 0 saturated carbocycles. The van der Waals surface area contributed by atoms with Crippen molar-refractivity contribution in [2.24, 2.45) is 5.10 Å². The lowest BCUT2D eigenvalue weighted by molar-refractivity contribution is 0.0954. The van der Waals surface area contributed by atoms with Crippen LogP contribution in [-0.2, 0) is 0 Å². The maximum Gasteiger partial charge on any atom is 0.271 e. The fourth-order valence-corrected chi connectivity index (χ4v) is 2.21. The third-order valence-electron chi connectivity index (χ3n) is 3.00. The van der Waals surface area contributed by atoms with Crippen LogP contribution in [-0.4, -0.2) is 16.7 Å². The molecule has 2 aromatic rings. The van der Waals surface area contributed by atoms with Crippen molar-refractivity contribution < 1.29 is 14.3 Å². The lowest BCUT2D eigenvalue weighted by Gasteiger charge is -2.08. The highest BCUT2D eigenvalue weighted by atomic mass is 79.9. The summed E-state index contributed by atoms with van der Waals surface area (Å²) < 4.78 is 13.6. The molecule has 6 heteroatoms. The van der Waals surface area contributed by atoms with Gasteiger partial charge in [0, 0.05) is 15.6 Å². The van der Waals surface area contributed by atoms with Crippen molar-refractivity contribution in [2.75, 3.05) is 0 Å². The molecule has 2 N–H and O–H groups in total. The summed E-state index contributed by atoms with van der Waals surface area (Å²) in [7, 11) is 0. The minimum Gasteiger partial charge on any atom is -0.507 e. The van der Waals surface area contributed by atoms with Crippen molar-refractivity contribution >= 4 is 27.5 Å². The zero-order chi connectivity index (χ0) is 16.1. The number of nitrogens with zero attached hydrogens (tertiary/aromatic N) is 1. The predicted molar refractivity (Wildman–Crippen MR) is 86.5 cm³/mol. The molecule has 0 aliphatic carbocycles. The van der Waals surface area contributed by atoms with Crippen LogP contribution in [0.5, 0.6) is 5.75 Å². The van der Waals surface area contributed by atoms with E-state index in [1.807, 2.05) is 6.92 Å². The van der Waals surface area contributed by atoms with Crippen LogP contribution >= 0.6 is 15.9 Å². The Balaban J connectivity index is 2.20. The van der Waals surface area contributed by atoms with Gasteiger partial charge >= 0.3 is 0 Å². The van der Waals surface area contributed by atoms with Gasteiger partial charge < -0.3 is 5.11 Å². The summed E-state index contributed by atoms with van der Waals surface area (Å²) in [6.07, 6.45) is 0.522. The molecule has 0 bridgehead atoms. The molecule has 0 atom stereocenters.